The van der Waals surface area contributed by atoms with Crippen LogP contribution in [0.4, 0.5) is 0 Å². The smallest absolute Gasteiger partial charge is 0.413 e. The summed E-state index contributed by atoms with van der Waals surface area (Å²) in [5, 5.41) is 0. The molecular formula is C10H8O8. The number of methoxy groups -OCH3 is 1. The van der Waals surface area contributed by atoms with Crippen LogP contribution in [0.5, 0.6) is 0 Å². The van der Waals surface area contributed by atoms with Gasteiger partial charge in [0.05, 0.1) is 7.11 Å². The van der Waals surface area contributed by atoms with Crippen molar-refractivity contribution in [1.29, 1.82) is 0 Å². The van der Waals surface area contributed by atoms with Gasteiger partial charge in [0.15, 0.2) is 0 Å². The molecule has 0 aliphatic carbocycles. The molecular weight excluding hydrogens is 248 g/mol. The van der Waals surface area contributed by atoms with Gasteiger partial charge in [-0.15, -0.1) is 0 Å². The van der Waals surface area contributed by atoms with E-state index in [1.165, 1.54) is 0 Å². The van der Waals surface area contributed by atoms with Crippen molar-refractivity contribution in [2.75, 3.05) is 7.11 Å². The molecule has 0 N–H and O–H groups in total. The van der Waals surface area contributed by atoms with E-state index in [2.05, 4.69) is 18.9 Å². The van der Waals surface area contributed by atoms with Crippen LogP contribution in [0.3, 0.4) is 0 Å². The number of esters is 4. The highest BCUT2D eigenvalue weighted by Gasteiger charge is 2.23. The first-order chi connectivity index (χ1) is 8.51. The molecule has 1 rings (SSSR count). The van der Waals surface area contributed by atoms with Crippen LogP contribution in [0.2, 0.25) is 0 Å². The average Bonchev–Trinajstić information content (AvgIpc) is 2.47. The Bertz CT molecular complexity index is 413. The normalized spacial score (nSPS) is 15.8. The van der Waals surface area contributed by atoms with Crippen molar-refractivity contribution < 1.29 is 38.1 Å². The fourth-order valence-electron chi connectivity index (χ4n) is 0.815. The van der Waals surface area contributed by atoms with Gasteiger partial charge in [-0.1, -0.05) is 0 Å². The molecule has 8 nitrogen and oxygen atoms in total. The maximum atomic E-state index is 11.1. The number of carbonyl (C=O) groups excluding carboxylic acids is 4. The van der Waals surface area contributed by atoms with Crippen molar-refractivity contribution in [2.24, 2.45) is 0 Å². The third-order valence-corrected chi connectivity index (χ3v) is 1.55. The van der Waals surface area contributed by atoms with Gasteiger partial charge in [-0.3, -0.25) is 0 Å². The topological polar surface area (TPSA) is 105 Å². The lowest BCUT2D eigenvalue weighted by atomic mass is 10.5. The second-order valence-corrected chi connectivity index (χ2v) is 2.79. The Hall–Kier alpha value is -2.64. The van der Waals surface area contributed by atoms with Crippen molar-refractivity contribution in [3.8, 4) is 0 Å². The van der Waals surface area contributed by atoms with E-state index in [4.69, 9.17) is 0 Å². The third-order valence-electron chi connectivity index (χ3n) is 1.55. The van der Waals surface area contributed by atoms with Gasteiger partial charge >= 0.3 is 30.4 Å². The van der Waals surface area contributed by atoms with Gasteiger partial charge in [-0.05, 0) is 0 Å². The molecule has 1 heterocycles. The fourth-order valence-corrected chi connectivity index (χ4v) is 0.815. The summed E-state index contributed by atoms with van der Waals surface area (Å²) in [5.74, 6) is -3.64. The lowest BCUT2D eigenvalue weighted by Gasteiger charge is -2.13. The molecule has 0 aromatic rings. The summed E-state index contributed by atoms with van der Waals surface area (Å²) in [6.45, 7) is -1.80. The van der Waals surface area contributed by atoms with Crippen LogP contribution in [0.1, 0.15) is 0 Å². The van der Waals surface area contributed by atoms with Gasteiger partial charge < -0.3 is 18.9 Å². The van der Waals surface area contributed by atoms with Crippen LogP contribution in [0, 0.1) is 0 Å². The van der Waals surface area contributed by atoms with Gasteiger partial charge in [0.1, 0.15) is 0 Å². The molecule has 0 aromatic carbocycles. The van der Waals surface area contributed by atoms with Crippen LogP contribution < -0.4 is 0 Å². The van der Waals surface area contributed by atoms with Gasteiger partial charge in [0.2, 0.25) is 0 Å². The summed E-state index contributed by atoms with van der Waals surface area (Å²) in [4.78, 5) is 43.6. The lowest BCUT2D eigenvalue weighted by molar-refractivity contribution is -0.249. The summed E-state index contributed by atoms with van der Waals surface area (Å²) >= 11 is 0. The van der Waals surface area contributed by atoms with Crippen molar-refractivity contribution in [3.05, 3.63) is 24.3 Å². The van der Waals surface area contributed by atoms with E-state index < -0.39 is 30.4 Å². The molecule has 0 saturated heterocycles. The molecule has 8 heteroatoms. The maximum Gasteiger partial charge on any atom is 0.413 e. The van der Waals surface area contributed by atoms with Crippen LogP contribution in [0.15, 0.2) is 24.3 Å². The fraction of sp³-hybridized carbons (Fsp3) is 0.200. The summed E-state index contributed by atoms with van der Waals surface area (Å²) in [7, 11) is 1.12. The third kappa shape index (κ3) is 4.47. The molecule has 18 heavy (non-hydrogen) atoms. The molecule has 0 fully saturated rings. The average molecular weight is 256 g/mol. The SMILES string of the molecule is COC(=O)/C=C/C(=O)OC1OC(=O)C=CC(=O)O1. The van der Waals surface area contributed by atoms with E-state index in [9.17, 15) is 19.2 Å². The van der Waals surface area contributed by atoms with Gasteiger partial charge in [0, 0.05) is 24.3 Å². The number of cyclic esters (lactones) is 2. The summed E-state index contributed by atoms with van der Waals surface area (Å²) in [5.41, 5.74) is 0. The number of hydrogen-bond donors (Lipinski definition) is 0. The van der Waals surface area contributed by atoms with Crippen molar-refractivity contribution in [3.63, 3.8) is 0 Å². The standard InChI is InChI=1S/C10H8O8/c1-15-6(11)2-3-7(12)16-10-17-8(13)4-5-9(14)18-10/h2-5,10H,1H3/b3-2+. The van der Waals surface area contributed by atoms with Crippen LogP contribution in [-0.2, 0) is 38.1 Å². The monoisotopic (exact) mass is 256 g/mol. The van der Waals surface area contributed by atoms with E-state index in [1.54, 1.807) is 0 Å². The van der Waals surface area contributed by atoms with E-state index in [1.807, 2.05) is 0 Å². The molecule has 0 saturated carbocycles. The zero-order valence-electron chi connectivity index (χ0n) is 9.15. The number of rotatable bonds is 3. The highest BCUT2D eigenvalue weighted by molar-refractivity contribution is 5.94. The second-order valence-electron chi connectivity index (χ2n) is 2.79. The summed E-state index contributed by atoms with van der Waals surface area (Å²) < 4.78 is 17.5. The Labute approximate surface area is 101 Å². The molecule has 0 atom stereocenters. The van der Waals surface area contributed by atoms with Crippen molar-refractivity contribution in [2.45, 2.75) is 6.48 Å². The molecule has 0 radical (unpaired) electrons. The molecule has 0 amide bonds. The Morgan fingerprint density at radius 1 is 1.11 bits per heavy atom. The zero-order valence-corrected chi connectivity index (χ0v) is 9.15. The van der Waals surface area contributed by atoms with Crippen LogP contribution in [-0.4, -0.2) is 37.5 Å². The first-order valence-electron chi connectivity index (χ1n) is 4.57. The second kappa shape index (κ2) is 6.18. The number of hydrogen-bond acceptors (Lipinski definition) is 8. The first kappa shape index (κ1) is 13.4. The molecule has 0 unspecified atom stereocenters. The minimum atomic E-state index is -1.80. The largest absolute Gasteiger partial charge is 0.466 e. The van der Waals surface area contributed by atoms with E-state index >= 15 is 0 Å². The molecule has 0 aromatic heterocycles. The predicted octanol–water partition coefficient (Wildman–Crippen LogP) is -0.801. The Kier molecular flexibility index (Phi) is 4.61. The summed E-state index contributed by atoms with van der Waals surface area (Å²) in [6.07, 6.45) is 3.16. The molecule has 96 valence electrons. The van der Waals surface area contributed by atoms with Crippen molar-refractivity contribution >= 4 is 23.9 Å². The van der Waals surface area contributed by atoms with Crippen LogP contribution >= 0.6 is 0 Å². The van der Waals surface area contributed by atoms with Gasteiger partial charge in [-0.2, -0.15) is 0 Å². The van der Waals surface area contributed by atoms with E-state index in [-0.39, 0.29) is 0 Å². The maximum absolute atomic E-state index is 11.1. The molecule has 0 bridgehead atoms. The minimum Gasteiger partial charge on any atom is -0.466 e. The Balaban J connectivity index is 2.54. The van der Waals surface area contributed by atoms with E-state index in [0.717, 1.165) is 31.4 Å². The Morgan fingerprint density at radius 2 is 1.61 bits per heavy atom. The lowest BCUT2D eigenvalue weighted by Crippen LogP contribution is -2.26. The predicted molar refractivity (Wildman–Crippen MR) is 52.4 cm³/mol. The summed E-state index contributed by atoms with van der Waals surface area (Å²) in [6, 6.07) is 0. The van der Waals surface area contributed by atoms with Gasteiger partial charge in [-0.25, -0.2) is 19.2 Å². The van der Waals surface area contributed by atoms with Crippen LogP contribution in [0.25, 0.3) is 0 Å². The molecule has 1 aliphatic heterocycles. The van der Waals surface area contributed by atoms with Crippen molar-refractivity contribution in [1.82, 2.24) is 0 Å². The zero-order chi connectivity index (χ0) is 13.5. The quantitative estimate of drug-likeness (QED) is 0.477. The highest BCUT2D eigenvalue weighted by Crippen LogP contribution is 2.05. The Morgan fingerprint density at radius 3 is 2.11 bits per heavy atom. The highest BCUT2D eigenvalue weighted by atomic mass is 16.9. The first-order valence-corrected chi connectivity index (χ1v) is 4.57. The number of carbonyl (C=O) groups is 4. The van der Waals surface area contributed by atoms with E-state index in [0.29, 0.717) is 0 Å². The van der Waals surface area contributed by atoms with Gasteiger partial charge in [0.25, 0.3) is 0 Å². The molecule has 1 aliphatic rings. The molecule has 0 spiro atoms. The minimum absolute atomic E-state index is 0.728. The number of ether oxygens (including phenoxy) is 4.